The first-order valence-electron chi connectivity index (χ1n) is 14.9. The highest BCUT2D eigenvalue weighted by Gasteiger charge is 2.31. The van der Waals surface area contributed by atoms with Crippen molar-refractivity contribution in [2.45, 2.75) is 65.3 Å². The quantitative estimate of drug-likeness (QED) is 0.390. The molecule has 0 spiro atoms. The van der Waals surface area contributed by atoms with Crippen LogP contribution in [0.15, 0.2) is 47.3 Å². The highest BCUT2D eigenvalue weighted by molar-refractivity contribution is 5.85. The van der Waals surface area contributed by atoms with E-state index in [2.05, 4.69) is 28.0 Å². The molecular weight excluding hydrogens is 532 g/mol. The van der Waals surface area contributed by atoms with Gasteiger partial charge < -0.3 is 33.5 Å². The maximum absolute atomic E-state index is 13.4. The van der Waals surface area contributed by atoms with Crippen molar-refractivity contribution in [2.75, 3.05) is 51.8 Å². The van der Waals surface area contributed by atoms with E-state index >= 15 is 0 Å². The number of aromatic nitrogens is 1. The number of nitrogens with zero attached hydrogens (tertiary/aromatic N) is 4. The Balaban J connectivity index is 1.27. The maximum atomic E-state index is 13.4. The molecule has 2 aromatic carbocycles. The molecule has 1 saturated heterocycles. The average Bonchev–Trinajstić information content (AvgIpc) is 2.95. The van der Waals surface area contributed by atoms with Crippen LogP contribution < -0.4 is 19.9 Å². The van der Waals surface area contributed by atoms with Crippen molar-refractivity contribution in [3.05, 3.63) is 63.9 Å². The van der Waals surface area contributed by atoms with Crippen molar-refractivity contribution in [3.8, 4) is 11.5 Å². The fraction of sp³-hybridized carbons (Fsp3) is 0.515. The summed E-state index contributed by atoms with van der Waals surface area (Å²) in [4.78, 5) is 32.8. The van der Waals surface area contributed by atoms with Gasteiger partial charge in [0, 0.05) is 70.0 Å². The minimum Gasteiger partial charge on any atom is -0.486 e. The first kappa shape index (κ1) is 29.8. The number of benzene rings is 2. The lowest BCUT2D eigenvalue weighted by Crippen LogP contribution is -2.49. The number of carbonyl (C=O) groups is 1. The number of carbonyl (C=O) groups excluding carboxylic acids is 1. The van der Waals surface area contributed by atoms with Gasteiger partial charge in [-0.3, -0.25) is 4.79 Å². The molecule has 0 bridgehead atoms. The molecule has 0 unspecified atom stereocenters. The molecule has 3 aromatic rings. The number of ether oxygens (including phenoxy) is 3. The van der Waals surface area contributed by atoms with Crippen molar-refractivity contribution >= 4 is 22.7 Å². The van der Waals surface area contributed by atoms with Gasteiger partial charge in [0.25, 0.3) is 5.56 Å². The zero-order chi connectivity index (χ0) is 30.0. The number of fused-ring (bicyclic) bond motifs is 2. The van der Waals surface area contributed by atoms with E-state index in [1.807, 2.05) is 69.5 Å². The lowest BCUT2D eigenvalue weighted by atomic mass is 10.0. The standard InChI is InChI=1S/C33H44N4O5/c1-23-19-31(38)36(28-21-26(34(5)6)8-9-27(23)28)16-15-35-13-11-25(12-14-35)37(32(39)42-33(2,3)4)22-24-7-10-29-30(20-24)41-18-17-40-29/h7-10,19-21,25H,11-18,22H2,1-6H3. The fourth-order valence-corrected chi connectivity index (χ4v) is 5.79. The van der Waals surface area contributed by atoms with Crippen LogP contribution in [0.1, 0.15) is 44.7 Å². The van der Waals surface area contributed by atoms with Crippen molar-refractivity contribution in [3.63, 3.8) is 0 Å². The summed E-state index contributed by atoms with van der Waals surface area (Å²) in [7, 11) is 4.02. The first-order chi connectivity index (χ1) is 20.0. The third-order valence-corrected chi connectivity index (χ3v) is 8.04. The number of rotatable bonds is 7. The van der Waals surface area contributed by atoms with Gasteiger partial charge in [-0.25, -0.2) is 4.79 Å². The van der Waals surface area contributed by atoms with Crippen LogP contribution >= 0.6 is 0 Å². The Morgan fingerprint density at radius 2 is 1.69 bits per heavy atom. The maximum Gasteiger partial charge on any atom is 0.410 e. The monoisotopic (exact) mass is 576 g/mol. The Kier molecular flexibility index (Phi) is 8.68. The van der Waals surface area contributed by atoms with E-state index in [9.17, 15) is 9.59 Å². The zero-order valence-corrected chi connectivity index (χ0v) is 25.8. The van der Waals surface area contributed by atoms with Crippen molar-refractivity contribution < 1.29 is 19.0 Å². The number of likely N-dealkylation sites (tertiary alicyclic amines) is 1. The lowest BCUT2D eigenvalue weighted by molar-refractivity contribution is 0.00562. The third kappa shape index (κ3) is 6.84. The van der Waals surface area contributed by atoms with Gasteiger partial charge in [-0.05, 0) is 75.9 Å². The van der Waals surface area contributed by atoms with Crippen LogP contribution in [0.25, 0.3) is 10.9 Å². The summed E-state index contributed by atoms with van der Waals surface area (Å²) in [6.07, 6.45) is 1.36. The molecule has 1 fully saturated rings. The summed E-state index contributed by atoms with van der Waals surface area (Å²) in [6.45, 7) is 12.3. The topological polar surface area (TPSA) is 76.5 Å². The van der Waals surface area contributed by atoms with Crippen LogP contribution in [0.4, 0.5) is 10.5 Å². The van der Waals surface area contributed by atoms with Crippen molar-refractivity contribution in [1.29, 1.82) is 0 Å². The lowest BCUT2D eigenvalue weighted by Gasteiger charge is -2.39. The summed E-state index contributed by atoms with van der Waals surface area (Å²) >= 11 is 0. The second kappa shape index (κ2) is 12.3. The molecule has 0 saturated carbocycles. The molecule has 0 aliphatic carbocycles. The van der Waals surface area contributed by atoms with Crippen molar-refractivity contribution in [1.82, 2.24) is 14.4 Å². The minimum absolute atomic E-state index is 0.0290. The van der Waals surface area contributed by atoms with E-state index in [1.54, 1.807) is 6.07 Å². The van der Waals surface area contributed by atoms with Crippen LogP contribution in [-0.2, 0) is 17.8 Å². The Hall–Kier alpha value is -3.72. The van der Waals surface area contributed by atoms with Crippen LogP contribution in [0.3, 0.4) is 0 Å². The SMILES string of the molecule is Cc1cc(=O)n(CCN2CCC(N(Cc3ccc4c(c3)OCCO4)C(=O)OC(C)(C)C)CC2)c2cc(N(C)C)ccc12. The summed E-state index contributed by atoms with van der Waals surface area (Å²) in [5, 5.41) is 1.10. The molecular formula is C33H44N4O5. The van der Waals surface area contributed by atoms with Gasteiger partial charge in [-0.1, -0.05) is 12.1 Å². The summed E-state index contributed by atoms with van der Waals surface area (Å²) < 4.78 is 19.2. The van der Waals surface area contributed by atoms with E-state index in [0.29, 0.717) is 32.1 Å². The molecule has 1 amide bonds. The van der Waals surface area contributed by atoms with E-state index in [1.165, 1.54) is 0 Å². The molecule has 1 aromatic heterocycles. The normalized spacial score (nSPS) is 16.0. The largest absolute Gasteiger partial charge is 0.486 e. The molecule has 5 rings (SSSR count). The Labute approximate surface area is 248 Å². The predicted octanol–water partition coefficient (Wildman–Crippen LogP) is 5.05. The molecule has 0 N–H and O–H groups in total. The van der Waals surface area contributed by atoms with Gasteiger partial charge in [-0.2, -0.15) is 0 Å². The molecule has 226 valence electrons. The van der Waals surface area contributed by atoms with E-state index in [0.717, 1.165) is 65.9 Å². The number of amides is 1. The molecule has 9 nitrogen and oxygen atoms in total. The highest BCUT2D eigenvalue weighted by atomic mass is 16.6. The Morgan fingerprint density at radius 3 is 2.38 bits per heavy atom. The molecule has 42 heavy (non-hydrogen) atoms. The van der Waals surface area contributed by atoms with Gasteiger partial charge in [0.15, 0.2) is 11.5 Å². The predicted molar refractivity (Wildman–Crippen MR) is 166 cm³/mol. The number of piperidine rings is 1. The smallest absolute Gasteiger partial charge is 0.410 e. The second-order valence-electron chi connectivity index (χ2n) is 12.6. The van der Waals surface area contributed by atoms with E-state index in [-0.39, 0.29) is 17.7 Å². The summed E-state index contributed by atoms with van der Waals surface area (Å²) in [5.74, 6) is 1.45. The Morgan fingerprint density at radius 1 is 0.976 bits per heavy atom. The molecule has 0 radical (unpaired) electrons. The molecule has 2 aliphatic rings. The van der Waals surface area contributed by atoms with E-state index < -0.39 is 5.60 Å². The zero-order valence-electron chi connectivity index (χ0n) is 25.8. The summed E-state index contributed by atoms with van der Waals surface area (Å²) in [5.41, 5.74) is 3.47. The number of anilines is 1. The van der Waals surface area contributed by atoms with Gasteiger partial charge in [-0.15, -0.1) is 0 Å². The van der Waals surface area contributed by atoms with Crippen molar-refractivity contribution in [2.24, 2.45) is 0 Å². The number of aryl methyl sites for hydroxylation is 1. The first-order valence-corrected chi connectivity index (χ1v) is 14.9. The molecule has 9 heteroatoms. The van der Waals surface area contributed by atoms with Crippen LogP contribution in [0.2, 0.25) is 0 Å². The molecule has 0 atom stereocenters. The van der Waals surface area contributed by atoms with Gasteiger partial charge in [0.1, 0.15) is 18.8 Å². The minimum atomic E-state index is -0.584. The Bertz CT molecular complexity index is 1480. The second-order valence-corrected chi connectivity index (χ2v) is 12.6. The highest BCUT2D eigenvalue weighted by Crippen LogP contribution is 2.32. The van der Waals surface area contributed by atoms with Gasteiger partial charge >= 0.3 is 6.09 Å². The van der Waals surface area contributed by atoms with Gasteiger partial charge in [0.2, 0.25) is 0 Å². The number of hydrogen-bond donors (Lipinski definition) is 0. The van der Waals surface area contributed by atoms with Crippen LogP contribution in [0.5, 0.6) is 11.5 Å². The fourth-order valence-electron chi connectivity index (χ4n) is 5.79. The number of hydrogen-bond acceptors (Lipinski definition) is 7. The van der Waals surface area contributed by atoms with Crippen LogP contribution in [0, 0.1) is 6.92 Å². The average molecular weight is 577 g/mol. The third-order valence-electron chi connectivity index (χ3n) is 8.04. The molecule has 2 aliphatic heterocycles. The van der Waals surface area contributed by atoms with Crippen LogP contribution in [-0.4, -0.2) is 79.0 Å². The van der Waals surface area contributed by atoms with Gasteiger partial charge in [0.05, 0.1) is 5.52 Å². The van der Waals surface area contributed by atoms with E-state index in [4.69, 9.17) is 14.2 Å². The summed E-state index contributed by atoms with van der Waals surface area (Å²) in [6, 6.07) is 14.0. The number of pyridine rings is 1. The molecule has 3 heterocycles.